The molecule has 0 atom stereocenters. The molecule has 0 amide bonds. The molecule has 0 bridgehead atoms. The molecule has 0 aliphatic heterocycles. The number of esters is 1. The van der Waals surface area contributed by atoms with Crippen molar-refractivity contribution in [2.45, 2.75) is 23.8 Å². The van der Waals surface area contributed by atoms with Crippen molar-refractivity contribution in [1.29, 1.82) is 5.26 Å². The van der Waals surface area contributed by atoms with Crippen LogP contribution in [-0.4, -0.2) is 17.6 Å². The molecule has 2 rings (SSSR count). The van der Waals surface area contributed by atoms with Gasteiger partial charge in [0.2, 0.25) is 0 Å². The number of benzene rings is 1. The monoisotopic (exact) mass is 298 g/mol. The Morgan fingerprint density at radius 2 is 2.19 bits per heavy atom. The minimum absolute atomic E-state index is 0.333. The minimum Gasteiger partial charge on any atom is -0.462 e. The molecule has 0 aliphatic carbocycles. The van der Waals surface area contributed by atoms with E-state index in [1.165, 1.54) is 11.8 Å². The zero-order chi connectivity index (χ0) is 15.2. The van der Waals surface area contributed by atoms with Crippen molar-refractivity contribution in [3.63, 3.8) is 0 Å². The lowest BCUT2D eigenvalue weighted by molar-refractivity contribution is 0.0526. The fraction of sp³-hybridized carbons (Fsp3) is 0.188. The molecular formula is C16H14N2O2S. The average molecular weight is 298 g/mol. The lowest BCUT2D eigenvalue weighted by atomic mass is 10.2. The summed E-state index contributed by atoms with van der Waals surface area (Å²) >= 11 is 1.36. The van der Waals surface area contributed by atoms with E-state index in [2.05, 4.69) is 11.1 Å². The molecule has 4 nitrogen and oxygen atoms in total. The number of nitriles is 1. The quantitative estimate of drug-likeness (QED) is 0.807. The second kappa shape index (κ2) is 6.91. The van der Waals surface area contributed by atoms with Crippen LogP contribution in [0.15, 0.2) is 46.5 Å². The molecule has 0 unspecified atom stereocenters. The highest BCUT2D eigenvalue weighted by atomic mass is 32.2. The van der Waals surface area contributed by atoms with E-state index in [4.69, 9.17) is 10.00 Å². The standard InChI is InChI=1S/C16H14N2O2S/c1-3-20-16(19)12-6-7-18-15(9-12)21-14-8-11(2)4-5-13(14)10-17/h4-9H,3H2,1-2H3. The third kappa shape index (κ3) is 3.83. The van der Waals surface area contributed by atoms with Crippen LogP contribution in [-0.2, 0) is 4.74 Å². The third-order valence-corrected chi connectivity index (χ3v) is 3.71. The summed E-state index contributed by atoms with van der Waals surface area (Å²) in [4.78, 5) is 16.8. The number of pyridine rings is 1. The Bertz CT molecular complexity index is 708. The molecule has 0 spiro atoms. The number of carbonyl (C=O) groups is 1. The summed E-state index contributed by atoms with van der Waals surface area (Å²) in [5, 5.41) is 9.80. The number of ether oxygens (including phenoxy) is 1. The summed E-state index contributed by atoms with van der Waals surface area (Å²) in [6, 6.07) is 11.1. The van der Waals surface area contributed by atoms with Gasteiger partial charge in [-0.2, -0.15) is 5.26 Å². The van der Waals surface area contributed by atoms with Crippen LogP contribution in [0, 0.1) is 18.3 Å². The first-order valence-corrected chi connectivity index (χ1v) is 7.27. The van der Waals surface area contributed by atoms with Crippen LogP contribution in [0.25, 0.3) is 0 Å². The smallest absolute Gasteiger partial charge is 0.338 e. The Kier molecular flexibility index (Phi) is 4.96. The van der Waals surface area contributed by atoms with Crippen molar-refractivity contribution >= 4 is 17.7 Å². The van der Waals surface area contributed by atoms with Gasteiger partial charge in [0, 0.05) is 11.1 Å². The van der Waals surface area contributed by atoms with Crippen molar-refractivity contribution in [3.05, 3.63) is 53.2 Å². The number of aromatic nitrogens is 1. The number of carbonyl (C=O) groups excluding carboxylic acids is 1. The molecule has 1 heterocycles. The van der Waals surface area contributed by atoms with Gasteiger partial charge >= 0.3 is 5.97 Å². The Morgan fingerprint density at radius 3 is 2.90 bits per heavy atom. The maximum Gasteiger partial charge on any atom is 0.338 e. The summed E-state index contributed by atoms with van der Waals surface area (Å²) in [5.41, 5.74) is 2.12. The van der Waals surface area contributed by atoms with Gasteiger partial charge in [-0.15, -0.1) is 0 Å². The van der Waals surface area contributed by atoms with Gasteiger partial charge in [0.25, 0.3) is 0 Å². The summed E-state index contributed by atoms with van der Waals surface area (Å²) in [6.45, 7) is 4.06. The summed E-state index contributed by atoms with van der Waals surface area (Å²) in [7, 11) is 0. The van der Waals surface area contributed by atoms with Gasteiger partial charge in [-0.3, -0.25) is 0 Å². The van der Waals surface area contributed by atoms with Crippen LogP contribution in [0.2, 0.25) is 0 Å². The highest BCUT2D eigenvalue weighted by molar-refractivity contribution is 7.99. The van der Waals surface area contributed by atoms with Crippen molar-refractivity contribution < 1.29 is 9.53 Å². The van der Waals surface area contributed by atoms with Gasteiger partial charge in [-0.1, -0.05) is 17.8 Å². The summed E-state index contributed by atoms with van der Waals surface area (Å²) < 4.78 is 4.97. The van der Waals surface area contributed by atoms with E-state index in [1.807, 2.05) is 19.1 Å². The Balaban J connectivity index is 2.28. The fourth-order valence-electron chi connectivity index (χ4n) is 1.73. The summed E-state index contributed by atoms with van der Waals surface area (Å²) in [5.74, 6) is -0.369. The van der Waals surface area contributed by atoms with E-state index in [9.17, 15) is 4.79 Å². The van der Waals surface area contributed by atoms with Crippen molar-refractivity contribution in [2.75, 3.05) is 6.61 Å². The fourth-order valence-corrected chi connectivity index (χ4v) is 2.72. The number of hydrogen-bond donors (Lipinski definition) is 0. The van der Waals surface area contributed by atoms with Crippen LogP contribution >= 0.6 is 11.8 Å². The van der Waals surface area contributed by atoms with E-state index in [0.717, 1.165) is 10.5 Å². The first-order chi connectivity index (χ1) is 10.1. The Labute approximate surface area is 127 Å². The van der Waals surface area contributed by atoms with Crippen LogP contribution in [0.5, 0.6) is 0 Å². The average Bonchev–Trinajstić information content (AvgIpc) is 2.48. The van der Waals surface area contributed by atoms with Crippen LogP contribution in [0.3, 0.4) is 0 Å². The molecule has 0 aliphatic rings. The molecule has 0 radical (unpaired) electrons. The first-order valence-electron chi connectivity index (χ1n) is 6.46. The molecule has 0 saturated carbocycles. The van der Waals surface area contributed by atoms with Crippen molar-refractivity contribution in [2.24, 2.45) is 0 Å². The van der Waals surface area contributed by atoms with Gasteiger partial charge in [-0.25, -0.2) is 9.78 Å². The Hall–Kier alpha value is -2.32. The lowest BCUT2D eigenvalue weighted by Crippen LogP contribution is -2.04. The number of nitrogens with zero attached hydrogens (tertiary/aromatic N) is 2. The molecule has 2 aromatic rings. The van der Waals surface area contributed by atoms with Gasteiger partial charge in [0.15, 0.2) is 0 Å². The largest absolute Gasteiger partial charge is 0.462 e. The van der Waals surface area contributed by atoms with E-state index >= 15 is 0 Å². The molecule has 21 heavy (non-hydrogen) atoms. The van der Waals surface area contributed by atoms with E-state index < -0.39 is 0 Å². The second-order valence-electron chi connectivity index (χ2n) is 4.32. The normalized spacial score (nSPS) is 9.95. The van der Waals surface area contributed by atoms with E-state index in [0.29, 0.717) is 22.8 Å². The van der Waals surface area contributed by atoms with Crippen LogP contribution in [0.4, 0.5) is 0 Å². The molecule has 0 fully saturated rings. The molecular weight excluding hydrogens is 284 g/mol. The molecule has 0 N–H and O–H groups in total. The van der Waals surface area contributed by atoms with E-state index in [-0.39, 0.29) is 5.97 Å². The Morgan fingerprint density at radius 1 is 1.38 bits per heavy atom. The number of aryl methyl sites for hydroxylation is 1. The highest BCUT2D eigenvalue weighted by Crippen LogP contribution is 2.30. The van der Waals surface area contributed by atoms with Crippen molar-refractivity contribution in [3.8, 4) is 6.07 Å². The van der Waals surface area contributed by atoms with Gasteiger partial charge in [-0.05, 0) is 43.7 Å². The minimum atomic E-state index is -0.369. The first kappa shape index (κ1) is 15.1. The third-order valence-electron chi connectivity index (χ3n) is 2.72. The molecule has 1 aromatic carbocycles. The van der Waals surface area contributed by atoms with E-state index in [1.54, 1.807) is 31.3 Å². The lowest BCUT2D eigenvalue weighted by Gasteiger charge is -2.06. The maximum absolute atomic E-state index is 11.7. The van der Waals surface area contributed by atoms with Crippen LogP contribution in [0.1, 0.15) is 28.4 Å². The number of rotatable bonds is 4. The second-order valence-corrected chi connectivity index (χ2v) is 5.38. The zero-order valence-electron chi connectivity index (χ0n) is 11.8. The molecule has 106 valence electrons. The predicted molar refractivity (Wildman–Crippen MR) is 80.2 cm³/mol. The molecule has 5 heteroatoms. The van der Waals surface area contributed by atoms with Crippen LogP contribution < -0.4 is 0 Å². The van der Waals surface area contributed by atoms with Gasteiger partial charge in [0.05, 0.1) is 17.7 Å². The molecule has 0 saturated heterocycles. The highest BCUT2D eigenvalue weighted by Gasteiger charge is 2.10. The zero-order valence-corrected chi connectivity index (χ0v) is 12.6. The van der Waals surface area contributed by atoms with Gasteiger partial charge < -0.3 is 4.74 Å². The summed E-state index contributed by atoms with van der Waals surface area (Å²) in [6.07, 6.45) is 1.57. The predicted octanol–water partition coefficient (Wildman–Crippen LogP) is 3.59. The SMILES string of the molecule is CCOC(=O)c1ccnc(Sc2cc(C)ccc2C#N)c1. The topological polar surface area (TPSA) is 63.0 Å². The number of hydrogen-bond acceptors (Lipinski definition) is 5. The van der Waals surface area contributed by atoms with Gasteiger partial charge in [0.1, 0.15) is 11.1 Å². The maximum atomic E-state index is 11.7. The molecule has 1 aromatic heterocycles. The van der Waals surface area contributed by atoms with Crippen molar-refractivity contribution in [1.82, 2.24) is 4.98 Å².